The van der Waals surface area contributed by atoms with Crippen LogP contribution >= 0.6 is 0 Å². The Bertz CT molecular complexity index is 676. The maximum Gasteiger partial charge on any atom is 0.222 e. The Balaban J connectivity index is 1.80. The first-order valence-corrected chi connectivity index (χ1v) is 6.18. The fraction of sp³-hybridized carbons (Fsp3) is 0.545. The van der Waals surface area contributed by atoms with E-state index in [1.165, 1.54) is 12.5 Å². The maximum atomic E-state index is 10.2. The zero-order valence-electron chi connectivity index (χ0n) is 10.4. The van der Waals surface area contributed by atoms with E-state index in [4.69, 9.17) is 15.2 Å². The van der Waals surface area contributed by atoms with Crippen molar-refractivity contribution in [3.8, 4) is 0 Å². The van der Waals surface area contributed by atoms with Crippen LogP contribution in [0.2, 0.25) is 0 Å². The van der Waals surface area contributed by atoms with Crippen molar-refractivity contribution in [2.24, 2.45) is 0 Å². The number of rotatable bonds is 2. The number of nitrogen functional groups attached to an aromatic ring is 1. The van der Waals surface area contributed by atoms with Gasteiger partial charge >= 0.3 is 0 Å². The first kappa shape index (κ1) is 12.0. The summed E-state index contributed by atoms with van der Waals surface area (Å²) in [5, 5.41) is 19.6. The molecule has 9 nitrogen and oxygen atoms in total. The molecule has 4 atom stereocenters. The molecule has 106 valence electrons. The summed E-state index contributed by atoms with van der Waals surface area (Å²) in [6.07, 6.45) is 0.973. The first-order chi connectivity index (χ1) is 9.64. The van der Waals surface area contributed by atoms with Crippen LogP contribution in [0.25, 0.3) is 11.2 Å². The van der Waals surface area contributed by atoms with E-state index in [9.17, 15) is 10.2 Å². The van der Waals surface area contributed by atoms with Crippen LogP contribution in [0.3, 0.4) is 0 Å². The van der Waals surface area contributed by atoms with E-state index in [-0.39, 0.29) is 19.2 Å². The normalized spacial score (nSPS) is 36.0. The number of fused-ring (bicyclic) bond motifs is 3. The van der Waals surface area contributed by atoms with Gasteiger partial charge in [0.1, 0.15) is 23.3 Å². The topological polar surface area (TPSA) is 129 Å². The van der Waals surface area contributed by atoms with Crippen LogP contribution in [0, 0.1) is 0 Å². The van der Waals surface area contributed by atoms with E-state index in [1.807, 2.05) is 0 Å². The number of aliphatic hydroxyl groups excluding tert-OH is 2. The van der Waals surface area contributed by atoms with Crippen LogP contribution in [0.15, 0.2) is 12.5 Å². The lowest BCUT2D eigenvalue weighted by atomic mass is 10.0. The number of aliphatic hydroxyl groups is 2. The summed E-state index contributed by atoms with van der Waals surface area (Å²) in [4.78, 5) is 12.2. The van der Waals surface area contributed by atoms with Crippen molar-refractivity contribution in [2.75, 3.05) is 18.9 Å². The number of imidazole rings is 1. The highest BCUT2D eigenvalue weighted by atomic mass is 16.7. The number of ether oxygens (including phenoxy) is 2. The number of nitrogens with two attached hydrogens (primary N) is 1. The Hall–Kier alpha value is -1.81. The standard InChI is InChI=1S/C11H13N5O4/c12-10-13-1-5-8(15-10)16(4-14-5)9-6-7(18)11(2-17,20-9)3-19-6/h1,4,6-7,9,17-18H,2-3H2,(H2,12,13,15)/t6-,7+,9-,11+/m1/s1. The maximum absolute atomic E-state index is 10.2. The molecule has 0 spiro atoms. The summed E-state index contributed by atoms with van der Waals surface area (Å²) < 4.78 is 13.0. The summed E-state index contributed by atoms with van der Waals surface area (Å²) >= 11 is 0. The molecule has 2 aliphatic rings. The quantitative estimate of drug-likeness (QED) is 0.601. The van der Waals surface area contributed by atoms with Crippen LogP contribution in [-0.4, -0.2) is 60.8 Å². The van der Waals surface area contributed by atoms with Gasteiger partial charge in [0.15, 0.2) is 11.9 Å². The van der Waals surface area contributed by atoms with Crippen molar-refractivity contribution in [3.05, 3.63) is 12.5 Å². The predicted octanol–water partition coefficient (Wildman–Crippen LogP) is -1.57. The van der Waals surface area contributed by atoms with Crippen molar-refractivity contribution in [1.29, 1.82) is 0 Å². The van der Waals surface area contributed by atoms with Crippen molar-refractivity contribution in [1.82, 2.24) is 19.5 Å². The van der Waals surface area contributed by atoms with Gasteiger partial charge in [-0.2, -0.15) is 4.98 Å². The minimum atomic E-state index is -1.08. The average molecular weight is 279 g/mol. The van der Waals surface area contributed by atoms with Gasteiger partial charge in [0.25, 0.3) is 0 Å². The molecule has 2 fully saturated rings. The third-order valence-corrected chi connectivity index (χ3v) is 3.88. The fourth-order valence-electron chi connectivity index (χ4n) is 2.78. The zero-order chi connectivity index (χ0) is 13.9. The lowest BCUT2D eigenvalue weighted by Gasteiger charge is -2.29. The van der Waals surface area contributed by atoms with Crippen molar-refractivity contribution >= 4 is 17.1 Å². The molecule has 0 saturated carbocycles. The molecule has 9 heteroatoms. The second-order valence-corrected chi connectivity index (χ2v) is 5.04. The minimum Gasteiger partial charge on any atom is -0.393 e. The largest absolute Gasteiger partial charge is 0.393 e. The molecule has 4 heterocycles. The Labute approximate surface area is 113 Å². The van der Waals surface area contributed by atoms with E-state index in [0.717, 1.165) is 0 Å². The van der Waals surface area contributed by atoms with E-state index in [0.29, 0.717) is 11.2 Å². The predicted molar refractivity (Wildman–Crippen MR) is 65.4 cm³/mol. The molecule has 0 radical (unpaired) electrons. The first-order valence-electron chi connectivity index (χ1n) is 6.18. The fourth-order valence-corrected chi connectivity index (χ4v) is 2.78. The van der Waals surface area contributed by atoms with E-state index in [2.05, 4.69) is 15.0 Å². The molecule has 4 rings (SSSR count). The van der Waals surface area contributed by atoms with Gasteiger partial charge in [-0.05, 0) is 0 Å². The molecule has 0 unspecified atom stereocenters. The SMILES string of the molecule is Nc1ncc2ncn([C@@H]3O[C@@]4(CO)CO[C@@H]3[C@@H]4O)c2n1. The second kappa shape index (κ2) is 3.85. The van der Waals surface area contributed by atoms with Gasteiger partial charge in [-0.15, -0.1) is 0 Å². The molecule has 2 bridgehead atoms. The summed E-state index contributed by atoms with van der Waals surface area (Å²) in [6, 6.07) is 0. The van der Waals surface area contributed by atoms with Crippen molar-refractivity contribution < 1.29 is 19.7 Å². The molecule has 20 heavy (non-hydrogen) atoms. The third-order valence-electron chi connectivity index (χ3n) is 3.88. The molecule has 4 N–H and O–H groups in total. The summed E-state index contributed by atoms with van der Waals surface area (Å²) in [6.45, 7) is -0.152. The Morgan fingerprint density at radius 2 is 2.35 bits per heavy atom. The second-order valence-electron chi connectivity index (χ2n) is 5.04. The number of anilines is 1. The van der Waals surface area contributed by atoms with E-state index >= 15 is 0 Å². The lowest BCUT2D eigenvalue weighted by molar-refractivity contribution is -0.185. The van der Waals surface area contributed by atoms with Crippen LogP contribution in [-0.2, 0) is 9.47 Å². The highest BCUT2D eigenvalue weighted by molar-refractivity contribution is 5.70. The number of nitrogens with zero attached hydrogens (tertiary/aromatic N) is 4. The smallest absolute Gasteiger partial charge is 0.222 e. The highest BCUT2D eigenvalue weighted by Crippen LogP contribution is 2.45. The molecule has 0 aliphatic carbocycles. The van der Waals surface area contributed by atoms with Crippen LogP contribution in [0.4, 0.5) is 5.95 Å². The van der Waals surface area contributed by atoms with Crippen molar-refractivity contribution in [3.63, 3.8) is 0 Å². The van der Waals surface area contributed by atoms with E-state index in [1.54, 1.807) is 4.57 Å². The van der Waals surface area contributed by atoms with E-state index < -0.39 is 24.0 Å². The van der Waals surface area contributed by atoms with Gasteiger partial charge < -0.3 is 25.4 Å². The van der Waals surface area contributed by atoms with Gasteiger partial charge in [0.2, 0.25) is 5.95 Å². The Morgan fingerprint density at radius 3 is 3.10 bits per heavy atom. The molecule has 2 aromatic rings. The monoisotopic (exact) mass is 279 g/mol. The molecule has 2 saturated heterocycles. The zero-order valence-corrected chi connectivity index (χ0v) is 10.4. The third kappa shape index (κ3) is 1.37. The highest BCUT2D eigenvalue weighted by Gasteiger charge is 2.61. The molecular weight excluding hydrogens is 266 g/mol. The summed E-state index contributed by atoms with van der Waals surface area (Å²) in [7, 11) is 0. The Morgan fingerprint density at radius 1 is 1.50 bits per heavy atom. The Kier molecular flexibility index (Phi) is 2.31. The van der Waals surface area contributed by atoms with Gasteiger partial charge in [-0.1, -0.05) is 0 Å². The van der Waals surface area contributed by atoms with Crippen LogP contribution in [0.1, 0.15) is 6.23 Å². The summed E-state index contributed by atoms with van der Waals surface area (Å²) in [5.74, 6) is 0.126. The van der Waals surface area contributed by atoms with Crippen molar-refractivity contribution in [2.45, 2.75) is 24.0 Å². The van der Waals surface area contributed by atoms with Gasteiger partial charge in [-0.25, -0.2) is 9.97 Å². The van der Waals surface area contributed by atoms with Gasteiger partial charge in [0.05, 0.1) is 25.7 Å². The summed E-state index contributed by atoms with van der Waals surface area (Å²) in [5.41, 5.74) is 5.57. The minimum absolute atomic E-state index is 0.126. The van der Waals surface area contributed by atoms with Gasteiger partial charge in [-0.3, -0.25) is 4.57 Å². The van der Waals surface area contributed by atoms with Gasteiger partial charge in [0, 0.05) is 0 Å². The van der Waals surface area contributed by atoms with Crippen LogP contribution in [0.5, 0.6) is 0 Å². The lowest BCUT2D eigenvalue weighted by Crippen LogP contribution is -2.44. The molecule has 2 aromatic heterocycles. The molecular formula is C11H13N5O4. The van der Waals surface area contributed by atoms with Crippen LogP contribution < -0.4 is 5.73 Å². The number of hydrogen-bond acceptors (Lipinski definition) is 8. The number of aromatic nitrogens is 4. The average Bonchev–Trinajstić information content (AvgIpc) is 3.09. The molecule has 0 aromatic carbocycles. The molecule has 0 amide bonds. The molecule has 2 aliphatic heterocycles. The number of hydrogen-bond donors (Lipinski definition) is 3.